The average molecular weight is 735 g/mol. The second-order valence-electron chi connectivity index (χ2n) is 11.3. The van der Waals surface area contributed by atoms with Gasteiger partial charge in [0.1, 0.15) is 18.1 Å². The fourth-order valence-corrected chi connectivity index (χ4v) is 6.56. The third-order valence-corrected chi connectivity index (χ3v) is 9.58. The SMILES string of the molecule is CCOC(=O)Cc1csc(NC(=O)C(CC)Sc2cccc(NC(=O)/C(=C/c3ccc(OCc4ccccc4)cc3)NC(=O)c3ccccc3)c2)n1. The topological polar surface area (TPSA) is 136 Å². The maximum atomic E-state index is 13.7. The molecule has 3 amide bonds. The van der Waals surface area contributed by atoms with E-state index in [9.17, 15) is 19.2 Å². The van der Waals surface area contributed by atoms with Gasteiger partial charge in [-0.3, -0.25) is 19.2 Å². The first-order valence-corrected chi connectivity index (χ1v) is 18.4. The van der Waals surface area contributed by atoms with Crippen LogP contribution in [0.4, 0.5) is 10.8 Å². The van der Waals surface area contributed by atoms with E-state index in [4.69, 9.17) is 9.47 Å². The van der Waals surface area contributed by atoms with Crippen molar-refractivity contribution in [2.24, 2.45) is 0 Å². The Bertz CT molecular complexity index is 2000. The van der Waals surface area contributed by atoms with E-state index in [-0.39, 0.29) is 30.6 Å². The van der Waals surface area contributed by atoms with Gasteiger partial charge in [0.2, 0.25) is 5.91 Å². The average Bonchev–Trinajstić information content (AvgIpc) is 3.60. The van der Waals surface area contributed by atoms with Crippen LogP contribution in [0.15, 0.2) is 125 Å². The van der Waals surface area contributed by atoms with E-state index < -0.39 is 17.1 Å². The molecule has 0 aliphatic heterocycles. The summed E-state index contributed by atoms with van der Waals surface area (Å²) in [5.41, 5.74) is 3.19. The standard InChI is InChI=1S/C40H38N4O6S2/c1-3-35(39(48)44-40-42-31(26-51-40)24-36(45)49-4-2)52-33-17-11-16-30(23-33)41-38(47)34(43-37(46)29-14-9-6-10-15-29)22-27-18-20-32(21-19-27)50-25-28-12-7-5-8-13-28/h5-23,26,35H,3-4,24-25H2,1-2H3,(H,41,47)(H,43,46)(H,42,44,48)/b34-22-. The molecule has 52 heavy (non-hydrogen) atoms. The van der Waals surface area contributed by atoms with Crippen molar-refractivity contribution in [2.45, 2.75) is 43.4 Å². The molecule has 10 nitrogen and oxygen atoms in total. The van der Waals surface area contributed by atoms with Crippen molar-refractivity contribution < 1.29 is 28.7 Å². The monoisotopic (exact) mass is 734 g/mol. The Morgan fingerprint density at radius 2 is 1.60 bits per heavy atom. The zero-order valence-corrected chi connectivity index (χ0v) is 30.3. The summed E-state index contributed by atoms with van der Waals surface area (Å²) in [5, 5.41) is 10.2. The number of carbonyl (C=O) groups is 4. The van der Waals surface area contributed by atoms with Crippen molar-refractivity contribution in [3.05, 3.63) is 143 Å². The number of hydrogen-bond acceptors (Lipinski definition) is 9. The lowest BCUT2D eigenvalue weighted by Crippen LogP contribution is -2.30. The van der Waals surface area contributed by atoms with Gasteiger partial charge in [-0.25, -0.2) is 4.98 Å². The van der Waals surface area contributed by atoms with Crippen molar-refractivity contribution in [3.63, 3.8) is 0 Å². The van der Waals surface area contributed by atoms with Crippen LogP contribution in [0.2, 0.25) is 0 Å². The molecular weight excluding hydrogens is 697 g/mol. The van der Waals surface area contributed by atoms with Gasteiger partial charge < -0.3 is 25.4 Å². The molecule has 1 atom stereocenters. The summed E-state index contributed by atoms with van der Waals surface area (Å²) >= 11 is 2.59. The third kappa shape index (κ3) is 11.4. The molecule has 0 saturated carbocycles. The van der Waals surface area contributed by atoms with E-state index in [0.717, 1.165) is 10.5 Å². The molecule has 0 saturated heterocycles. The highest BCUT2D eigenvalue weighted by molar-refractivity contribution is 8.00. The molecule has 3 N–H and O–H groups in total. The Morgan fingerprint density at radius 3 is 2.31 bits per heavy atom. The lowest BCUT2D eigenvalue weighted by molar-refractivity contribution is -0.142. The summed E-state index contributed by atoms with van der Waals surface area (Å²) in [6.45, 7) is 4.35. The van der Waals surface area contributed by atoms with Crippen LogP contribution in [-0.4, -0.2) is 40.5 Å². The molecule has 0 spiro atoms. The molecule has 0 bridgehead atoms. The summed E-state index contributed by atoms with van der Waals surface area (Å²) in [5.74, 6) is -0.898. The Labute approximate surface area is 310 Å². The van der Waals surface area contributed by atoms with Crippen molar-refractivity contribution in [3.8, 4) is 5.75 Å². The number of anilines is 2. The summed E-state index contributed by atoms with van der Waals surface area (Å²) < 4.78 is 10.9. The van der Waals surface area contributed by atoms with Gasteiger partial charge in [0, 0.05) is 21.5 Å². The van der Waals surface area contributed by atoms with Gasteiger partial charge in [-0.05, 0) is 73.0 Å². The molecule has 0 fully saturated rings. The summed E-state index contributed by atoms with van der Waals surface area (Å²) in [6.07, 6.45) is 2.17. The Hall–Kier alpha value is -5.72. The number of ether oxygens (including phenoxy) is 2. The summed E-state index contributed by atoms with van der Waals surface area (Å²) in [4.78, 5) is 56.9. The Morgan fingerprint density at radius 1 is 0.865 bits per heavy atom. The summed E-state index contributed by atoms with van der Waals surface area (Å²) in [7, 11) is 0. The van der Waals surface area contributed by atoms with Crippen LogP contribution < -0.4 is 20.7 Å². The number of amides is 3. The minimum absolute atomic E-state index is 0.0357. The molecule has 266 valence electrons. The first-order chi connectivity index (χ1) is 25.3. The van der Waals surface area contributed by atoms with Crippen LogP contribution in [0.5, 0.6) is 5.75 Å². The van der Waals surface area contributed by atoms with Crippen LogP contribution in [-0.2, 0) is 32.1 Å². The predicted molar refractivity (Wildman–Crippen MR) is 205 cm³/mol. The number of rotatable bonds is 16. The first kappa shape index (κ1) is 37.5. The zero-order chi connectivity index (χ0) is 36.7. The third-order valence-electron chi connectivity index (χ3n) is 7.41. The maximum absolute atomic E-state index is 13.7. The number of thioether (sulfide) groups is 1. The van der Waals surface area contributed by atoms with Gasteiger partial charge in [0.15, 0.2) is 5.13 Å². The molecule has 1 unspecified atom stereocenters. The number of thiazole rings is 1. The molecule has 0 aliphatic rings. The fraction of sp³-hybridized carbons (Fsp3) is 0.175. The first-order valence-electron chi connectivity index (χ1n) is 16.6. The molecule has 0 aliphatic carbocycles. The highest BCUT2D eigenvalue weighted by Crippen LogP contribution is 2.29. The van der Waals surface area contributed by atoms with E-state index >= 15 is 0 Å². The number of esters is 1. The zero-order valence-electron chi connectivity index (χ0n) is 28.7. The van der Waals surface area contributed by atoms with Crippen LogP contribution in [0, 0.1) is 0 Å². The van der Waals surface area contributed by atoms with Gasteiger partial charge in [-0.2, -0.15) is 0 Å². The van der Waals surface area contributed by atoms with E-state index in [1.54, 1.807) is 73.0 Å². The minimum Gasteiger partial charge on any atom is -0.489 e. The molecular formula is C40H38N4O6S2. The molecule has 1 aromatic heterocycles. The van der Waals surface area contributed by atoms with Crippen molar-refractivity contribution in [1.29, 1.82) is 0 Å². The van der Waals surface area contributed by atoms with Gasteiger partial charge in [-0.1, -0.05) is 73.7 Å². The molecule has 4 aromatic carbocycles. The number of benzene rings is 4. The highest BCUT2D eigenvalue weighted by atomic mass is 32.2. The largest absolute Gasteiger partial charge is 0.489 e. The van der Waals surface area contributed by atoms with Gasteiger partial charge >= 0.3 is 5.97 Å². The van der Waals surface area contributed by atoms with Crippen molar-refractivity contribution in [2.75, 3.05) is 17.2 Å². The van der Waals surface area contributed by atoms with Crippen LogP contribution >= 0.6 is 23.1 Å². The lowest BCUT2D eigenvalue weighted by atomic mass is 10.1. The second-order valence-corrected chi connectivity index (χ2v) is 13.5. The van der Waals surface area contributed by atoms with Crippen LogP contribution in [0.3, 0.4) is 0 Å². The van der Waals surface area contributed by atoms with Crippen LogP contribution in [0.25, 0.3) is 6.08 Å². The number of nitrogens with zero attached hydrogens (tertiary/aromatic N) is 1. The van der Waals surface area contributed by atoms with E-state index in [0.29, 0.717) is 46.4 Å². The smallest absolute Gasteiger partial charge is 0.311 e. The quantitative estimate of drug-likeness (QED) is 0.0532. The number of carbonyl (C=O) groups excluding carboxylic acids is 4. The maximum Gasteiger partial charge on any atom is 0.311 e. The van der Waals surface area contributed by atoms with E-state index in [1.165, 1.54) is 23.1 Å². The molecule has 0 radical (unpaired) electrons. The summed E-state index contributed by atoms with van der Waals surface area (Å²) in [6, 6.07) is 32.9. The molecule has 5 aromatic rings. The van der Waals surface area contributed by atoms with Crippen LogP contribution in [0.1, 0.15) is 47.4 Å². The molecule has 5 rings (SSSR count). The Kier molecular flexibility index (Phi) is 13.7. The second kappa shape index (κ2) is 19.0. The van der Waals surface area contributed by atoms with Gasteiger partial charge in [0.25, 0.3) is 11.8 Å². The van der Waals surface area contributed by atoms with Crippen molar-refractivity contribution in [1.82, 2.24) is 10.3 Å². The molecule has 1 heterocycles. The van der Waals surface area contributed by atoms with Gasteiger partial charge in [-0.15, -0.1) is 23.1 Å². The number of aromatic nitrogens is 1. The number of nitrogens with one attached hydrogen (secondary N) is 3. The lowest BCUT2D eigenvalue weighted by Gasteiger charge is -2.15. The van der Waals surface area contributed by atoms with E-state index in [2.05, 4.69) is 20.9 Å². The minimum atomic E-state index is -0.525. The van der Waals surface area contributed by atoms with Gasteiger partial charge in [0.05, 0.1) is 24.0 Å². The molecule has 12 heteroatoms. The predicted octanol–water partition coefficient (Wildman–Crippen LogP) is 7.75. The highest BCUT2D eigenvalue weighted by Gasteiger charge is 2.21. The fourth-order valence-electron chi connectivity index (χ4n) is 4.83. The van der Waals surface area contributed by atoms with Crippen molar-refractivity contribution >= 4 is 63.7 Å². The number of hydrogen-bond donors (Lipinski definition) is 3. The Balaban J connectivity index is 1.26. The normalized spacial score (nSPS) is 11.6. The van der Waals surface area contributed by atoms with E-state index in [1.807, 2.05) is 61.5 Å².